The summed E-state index contributed by atoms with van der Waals surface area (Å²) in [5, 5.41) is 11.5. The Hall–Kier alpha value is -3.26. The predicted molar refractivity (Wildman–Crippen MR) is 122 cm³/mol. The fourth-order valence-corrected chi connectivity index (χ4v) is 3.95. The molecule has 0 spiro atoms. The van der Waals surface area contributed by atoms with Crippen LogP contribution >= 0.6 is 0 Å². The van der Waals surface area contributed by atoms with E-state index in [9.17, 15) is 9.18 Å². The van der Waals surface area contributed by atoms with Gasteiger partial charge in [-0.3, -0.25) is 9.69 Å². The van der Waals surface area contributed by atoms with Crippen molar-refractivity contribution in [3.63, 3.8) is 0 Å². The van der Waals surface area contributed by atoms with Crippen molar-refractivity contribution in [1.82, 2.24) is 25.0 Å². The lowest BCUT2D eigenvalue weighted by Crippen LogP contribution is -2.28. The van der Waals surface area contributed by atoms with Gasteiger partial charge < -0.3 is 14.8 Å². The van der Waals surface area contributed by atoms with Crippen LogP contribution in [0.3, 0.4) is 0 Å². The maximum atomic E-state index is 13.3. The van der Waals surface area contributed by atoms with Gasteiger partial charge in [0.15, 0.2) is 5.82 Å². The van der Waals surface area contributed by atoms with Gasteiger partial charge in [0.2, 0.25) is 5.91 Å². The van der Waals surface area contributed by atoms with Crippen molar-refractivity contribution in [3.05, 3.63) is 77.1 Å². The minimum Gasteiger partial charge on any atom is -0.378 e. The van der Waals surface area contributed by atoms with Crippen molar-refractivity contribution in [2.24, 2.45) is 0 Å². The Labute approximate surface area is 187 Å². The molecule has 0 fully saturated rings. The van der Waals surface area contributed by atoms with E-state index in [1.807, 2.05) is 14.1 Å². The van der Waals surface area contributed by atoms with E-state index in [4.69, 9.17) is 0 Å². The summed E-state index contributed by atoms with van der Waals surface area (Å²) in [6.45, 7) is 3.80. The lowest BCUT2D eigenvalue weighted by molar-refractivity contribution is -0.120. The maximum Gasteiger partial charge on any atom is 0.224 e. The second kappa shape index (κ2) is 9.91. The number of aromatic nitrogens is 3. The number of amides is 1. The molecular formula is C24H29FN6O. The van der Waals surface area contributed by atoms with Crippen LogP contribution in [0.25, 0.3) is 0 Å². The highest BCUT2D eigenvalue weighted by Crippen LogP contribution is 2.16. The van der Waals surface area contributed by atoms with E-state index >= 15 is 0 Å². The molecule has 4 rings (SSSR count). The minimum atomic E-state index is -0.337. The van der Waals surface area contributed by atoms with Crippen LogP contribution in [0.4, 0.5) is 10.1 Å². The number of hydrogen-bond acceptors (Lipinski definition) is 5. The highest BCUT2D eigenvalue weighted by atomic mass is 19.1. The first-order valence-electron chi connectivity index (χ1n) is 10.9. The molecular weight excluding hydrogens is 407 g/mol. The third-order valence-electron chi connectivity index (χ3n) is 5.75. The van der Waals surface area contributed by atoms with Crippen molar-refractivity contribution >= 4 is 11.6 Å². The zero-order valence-electron chi connectivity index (χ0n) is 18.6. The molecule has 0 unspecified atom stereocenters. The van der Waals surface area contributed by atoms with Crippen molar-refractivity contribution < 1.29 is 9.18 Å². The first kappa shape index (κ1) is 22.0. The van der Waals surface area contributed by atoms with Gasteiger partial charge in [-0.1, -0.05) is 24.3 Å². The van der Waals surface area contributed by atoms with Crippen LogP contribution in [-0.2, 0) is 37.3 Å². The first-order valence-corrected chi connectivity index (χ1v) is 10.9. The zero-order valence-corrected chi connectivity index (χ0v) is 18.6. The number of nitrogens with one attached hydrogen (secondary N) is 1. The van der Waals surface area contributed by atoms with E-state index in [0.29, 0.717) is 12.1 Å². The molecule has 0 aliphatic carbocycles. The molecule has 0 saturated heterocycles. The van der Waals surface area contributed by atoms with Gasteiger partial charge in [0.1, 0.15) is 11.6 Å². The molecule has 1 aliphatic heterocycles. The Morgan fingerprint density at radius 1 is 1.06 bits per heavy atom. The van der Waals surface area contributed by atoms with Crippen molar-refractivity contribution in [2.45, 2.75) is 32.5 Å². The molecule has 1 N–H and O–H groups in total. The summed E-state index contributed by atoms with van der Waals surface area (Å²) < 4.78 is 15.4. The van der Waals surface area contributed by atoms with E-state index in [-0.39, 0.29) is 18.1 Å². The molecule has 1 aliphatic rings. The van der Waals surface area contributed by atoms with Gasteiger partial charge in [0.05, 0.1) is 13.0 Å². The number of hydrogen-bond donors (Lipinski definition) is 1. The maximum absolute atomic E-state index is 13.3. The Balaban J connectivity index is 1.31. The summed E-state index contributed by atoms with van der Waals surface area (Å²) >= 11 is 0. The van der Waals surface area contributed by atoms with Gasteiger partial charge in [-0.05, 0) is 35.4 Å². The van der Waals surface area contributed by atoms with E-state index < -0.39 is 0 Å². The number of carbonyl (C=O) groups is 1. The molecule has 2 aromatic carbocycles. The van der Waals surface area contributed by atoms with Crippen LogP contribution in [0.1, 0.15) is 22.8 Å². The smallest absolute Gasteiger partial charge is 0.224 e. The van der Waals surface area contributed by atoms with Gasteiger partial charge in [0.25, 0.3) is 0 Å². The molecule has 168 valence electrons. The van der Waals surface area contributed by atoms with Crippen molar-refractivity contribution in [2.75, 3.05) is 32.1 Å². The predicted octanol–water partition coefficient (Wildman–Crippen LogP) is 2.40. The Morgan fingerprint density at radius 2 is 1.88 bits per heavy atom. The van der Waals surface area contributed by atoms with E-state index in [0.717, 1.165) is 44.2 Å². The van der Waals surface area contributed by atoms with Crippen LogP contribution in [0.5, 0.6) is 0 Å². The number of halogens is 1. The number of nitrogens with zero attached hydrogens (tertiary/aromatic N) is 5. The fourth-order valence-electron chi connectivity index (χ4n) is 3.95. The number of carbonyl (C=O) groups excluding carboxylic acids is 1. The van der Waals surface area contributed by atoms with E-state index in [1.54, 1.807) is 12.1 Å². The highest BCUT2D eigenvalue weighted by Gasteiger charge is 2.19. The molecule has 0 atom stereocenters. The van der Waals surface area contributed by atoms with Gasteiger partial charge >= 0.3 is 0 Å². The van der Waals surface area contributed by atoms with Crippen LogP contribution in [0, 0.1) is 5.82 Å². The minimum absolute atomic E-state index is 0.138. The molecule has 3 aromatic rings. The quantitative estimate of drug-likeness (QED) is 0.616. The standard InChI is InChI=1S/C24H29FN6O/c1-29(2)21-8-6-18(7-9-21)17-30-11-10-22-27-28-23(31(22)13-12-30)16-26-24(32)15-19-4-3-5-20(25)14-19/h3-9,14H,10-13,15-17H2,1-2H3,(H,26,32). The lowest BCUT2D eigenvalue weighted by atomic mass is 10.1. The Bertz CT molecular complexity index is 1060. The van der Waals surface area contributed by atoms with Crippen LogP contribution in [0.15, 0.2) is 48.5 Å². The molecule has 8 heteroatoms. The van der Waals surface area contributed by atoms with Crippen LogP contribution in [-0.4, -0.2) is 52.8 Å². The highest BCUT2D eigenvalue weighted by molar-refractivity contribution is 5.78. The summed E-state index contributed by atoms with van der Waals surface area (Å²) in [5.74, 6) is 1.20. The SMILES string of the molecule is CN(C)c1ccc(CN2CCc3nnc(CNC(=O)Cc4cccc(F)c4)n3CC2)cc1. The number of benzene rings is 2. The second-order valence-corrected chi connectivity index (χ2v) is 8.35. The molecule has 2 heterocycles. The van der Waals surface area contributed by atoms with Gasteiger partial charge in [-0.15, -0.1) is 10.2 Å². The molecule has 1 aromatic heterocycles. The van der Waals surface area contributed by atoms with Crippen LogP contribution in [0.2, 0.25) is 0 Å². The average Bonchev–Trinajstić information content (AvgIpc) is 3.05. The third-order valence-corrected chi connectivity index (χ3v) is 5.75. The molecule has 0 radical (unpaired) electrons. The number of rotatable bonds is 7. The number of fused-ring (bicyclic) bond motifs is 1. The fraction of sp³-hybridized carbons (Fsp3) is 0.375. The summed E-state index contributed by atoms with van der Waals surface area (Å²) in [7, 11) is 4.08. The molecule has 0 bridgehead atoms. The lowest BCUT2D eigenvalue weighted by Gasteiger charge is -2.20. The normalized spacial score (nSPS) is 14.0. The summed E-state index contributed by atoms with van der Waals surface area (Å²) in [6.07, 6.45) is 0.958. The van der Waals surface area contributed by atoms with Gasteiger partial charge in [-0.25, -0.2) is 4.39 Å². The zero-order chi connectivity index (χ0) is 22.5. The van der Waals surface area contributed by atoms with Gasteiger partial charge in [-0.2, -0.15) is 0 Å². The van der Waals surface area contributed by atoms with E-state index in [2.05, 4.69) is 54.1 Å². The summed E-state index contributed by atoms with van der Waals surface area (Å²) in [4.78, 5) is 16.8. The van der Waals surface area contributed by atoms with E-state index in [1.165, 1.54) is 23.4 Å². The Kier molecular flexibility index (Phi) is 6.80. The summed E-state index contributed by atoms with van der Waals surface area (Å²) in [6, 6.07) is 14.8. The number of anilines is 1. The molecule has 7 nitrogen and oxygen atoms in total. The average molecular weight is 437 g/mol. The third kappa shape index (κ3) is 5.50. The molecule has 32 heavy (non-hydrogen) atoms. The van der Waals surface area contributed by atoms with Crippen molar-refractivity contribution in [1.29, 1.82) is 0 Å². The monoisotopic (exact) mass is 436 g/mol. The Morgan fingerprint density at radius 3 is 2.62 bits per heavy atom. The van der Waals surface area contributed by atoms with Crippen LogP contribution < -0.4 is 10.2 Å². The molecule has 0 saturated carbocycles. The summed E-state index contributed by atoms with van der Waals surface area (Å²) in [5.41, 5.74) is 3.13. The van der Waals surface area contributed by atoms with Gasteiger partial charge in [0, 0.05) is 52.4 Å². The second-order valence-electron chi connectivity index (χ2n) is 8.35. The van der Waals surface area contributed by atoms with Crippen molar-refractivity contribution in [3.8, 4) is 0 Å². The first-order chi connectivity index (χ1) is 15.5. The molecule has 1 amide bonds. The largest absolute Gasteiger partial charge is 0.378 e. The topological polar surface area (TPSA) is 66.3 Å².